The van der Waals surface area contributed by atoms with E-state index in [1.807, 2.05) is 70.3 Å². The number of hydrogen-bond acceptors (Lipinski definition) is 9. The number of halogens is 1. The van der Waals surface area contributed by atoms with Gasteiger partial charge in [-0.05, 0) is 83.9 Å². The maximum absolute atomic E-state index is 13.2. The summed E-state index contributed by atoms with van der Waals surface area (Å²) in [5.41, 5.74) is 4.43. The molecule has 3 heterocycles. The summed E-state index contributed by atoms with van der Waals surface area (Å²) in [4.78, 5) is 32.6. The molecule has 2 atom stereocenters. The number of anilines is 1. The van der Waals surface area contributed by atoms with E-state index in [0.717, 1.165) is 62.8 Å². The first-order valence-electron chi connectivity index (χ1n) is 14.7. The normalized spacial score (nSPS) is 17.1. The Labute approximate surface area is 263 Å². The Balaban J connectivity index is 1.63. The molecule has 5 rings (SSSR count). The van der Waals surface area contributed by atoms with Crippen LogP contribution in [0, 0.1) is 6.92 Å². The molecule has 1 fully saturated rings. The summed E-state index contributed by atoms with van der Waals surface area (Å²) in [5.74, 6) is 0.260. The zero-order chi connectivity index (χ0) is 31.1. The summed E-state index contributed by atoms with van der Waals surface area (Å²) in [7, 11) is 1.39. The first-order chi connectivity index (χ1) is 20.4. The zero-order valence-corrected chi connectivity index (χ0v) is 27.7. The average molecular weight is 622 g/mol. The molecule has 228 valence electrons. The lowest BCUT2D eigenvalue weighted by molar-refractivity contribution is -0.164. The van der Waals surface area contributed by atoms with Gasteiger partial charge in [0.2, 0.25) is 5.95 Å². The quantitative estimate of drug-likeness (QED) is 0.198. The van der Waals surface area contributed by atoms with Crippen LogP contribution in [0.2, 0.25) is 5.02 Å². The number of nitrogens with zero attached hydrogens (tertiary/aromatic N) is 5. The summed E-state index contributed by atoms with van der Waals surface area (Å²) in [6.07, 6.45) is 0.882. The maximum Gasteiger partial charge on any atom is 0.339 e. The van der Waals surface area contributed by atoms with Crippen molar-refractivity contribution in [3.8, 4) is 21.8 Å². The van der Waals surface area contributed by atoms with Crippen molar-refractivity contribution in [2.45, 2.75) is 72.3 Å². The van der Waals surface area contributed by atoms with Crippen LogP contribution >= 0.6 is 22.9 Å². The van der Waals surface area contributed by atoms with E-state index < -0.39 is 17.7 Å². The number of thiazole rings is 1. The predicted octanol–water partition coefficient (Wildman–Crippen LogP) is 7.33. The molecule has 10 heteroatoms. The van der Waals surface area contributed by atoms with Gasteiger partial charge in [-0.15, -0.1) is 11.3 Å². The average Bonchev–Trinajstić information content (AvgIpc) is 3.38. The van der Waals surface area contributed by atoms with Gasteiger partial charge < -0.3 is 14.4 Å². The maximum atomic E-state index is 13.2. The number of benzene rings is 2. The second-order valence-corrected chi connectivity index (χ2v) is 13.8. The van der Waals surface area contributed by atoms with Crippen molar-refractivity contribution in [2.24, 2.45) is 0 Å². The van der Waals surface area contributed by atoms with Gasteiger partial charge in [-0.2, -0.15) is 0 Å². The van der Waals surface area contributed by atoms with Gasteiger partial charge >= 0.3 is 5.97 Å². The van der Waals surface area contributed by atoms with E-state index in [2.05, 4.69) is 35.6 Å². The number of piperazine rings is 1. The first-order valence-corrected chi connectivity index (χ1v) is 15.9. The second kappa shape index (κ2) is 12.5. The van der Waals surface area contributed by atoms with Crippen molar-refractivity contribution in [1.82, 2.24) is 19.9 Å². The van der Waals surface area contributed by atoms with Crippen LogP contribution in [-0.2, 0) is 14.3 Å². The number of fused-ring (bicyclic) bond motifs is 1. The third-order valence-electron chi connectivity index (χ3n) is 7.70. The molecular formula is C33H40ClN5O3S. The number of hydrogen-bond donors (Lipinski definition) is 0. The minimum absolute atomic E-state index is 0.407. The van der Waals surface area contributed by atoms with E-state index in [1.165, 1.54) is 7.11 Å². The fourth-order valence-corrected chi connectivity index (χ4v) is 7.01. The lowest BCUT2D eigenvalue weighted by Crippen LogP contribution is -2.54. The van der Waals surface area contributed by atoms with E-state index in [9.17, 15) is 4.79 Å². The molecule has 1 aliphatic rings. The van der Waals surface area contributed by atoms with Crippen LogP contribution in [-0.4, -0.2) is 70.2 Å². The summed E-state index contributed by atoms with van der Waals surface area (Å²) < 4.78 is 12.5. The molecule has 0 N–H and O–H groups in total. The molecule has 1 unspecified atom stereocenters. The van der Waals surface area contributed by atoms with Gasteiger partial charge in [0, 0.05) is 54.1 Å². The van der Waals surface area contributed by atoms with Gasteiger partial charge in [0.05, 0.1) is 22.9 Å². The van der Waals surface area contributed by atoms with Crippen molar-refractivity contribution in [2.75, 3.05) is 31.6 Å². The van der Waals surface area contributed by atoms with Crippen molar-refractivity contribution in [1.29, 1.82) is 0 Å². The summed E-state index contributed by atoms with van der Waals surface area (Å²) in [6, 6.07) is 12.5. The zero-order valence-electron chi connectivity index (χ0n) is 26.1. The molecule has 43 heavy (non-hydrogen) atoms. The van der Waals surface area contributed by atoms with Crippen LogP contribution in [0.25, 0.3) is 32.0 Å². The third-order valence-corrected chi connectivity index (χ3v) is 9.06. The highest BCUT2D eigenvalue weighted by Crippen LogP contribution is 2.44. The van der Waals surface area contributed by atoms with Gasteiger partial charge in [-0.1, -0.05) is 23.7 Å². The van der Waals surface area contributed by atoms with Crippen LogP contribution in [0.15, 0.2) is 42.6 Å². The smallest absolute Gasteiger partial charge is 0.339 e. The Hall–Kier alpha value is -3.11. The van der Waals surface area contributed by atoms with Gasteiger partial charge in [0.25, 0.3) is 0 Å². The highest BCUT2D eigenvalue weighted by Gasteiger charge is 2.33. The molecule has 1 aliphatic heterocycles. The number of rotatable bonds is 7. The topological polar surface area (TPSA) is 80.7 Å². The summed E-state index contributed by atoms with van der Waals surface area (Å²) in [6.45, 7) is 17.2. The van der Waals surface area contributed by atoms with Crippen LogP contribution in [0.3, 0.4) is 0 Å². The summed E-state index contributed by atoms with van der Waals surface area (Å²) >= 11 is 7.82. The molecule has 0 aliphatic carbocycles. The number of ether oxygens (including phenoxy) is 2. The van der Waals surface area contributed by atoms with E-state index in [0.29, 0.717) is 23.1 Å². The first kappa shape index (κ1) is 31.3. The molecule has 1 saturated heterocycles. The fraction of sp³-hybridized carbons (Fsp3) is 0.455. The minimum atomic E-state index is -0.928. The molecule has 8 nitrogen and oxygen atoms in total. The molecule has 0 spiro atoms. The lowest BCUT2D eigenvalue weighted by atomic mass is 9.91. The van der Waals surface area contributed by atoms with Gasteiger partial charge in [-0.25, -0.2) is 19.7 Å². The number of methoxy groups -OCH3 is 1. The number of aryl methyl sites for hydroxylation is 1. The molecule has 0 amide bonds. The standard InChI is InChI=1S/C33H40ClN5O3S/c1-19(2)39-16-15-38(18-21(39)4)32-35-14-13-24(37-32)30-36-25-17-20(3)26(28(31(40)41-8)42-33(5,6)7)27(29(25)43-30)22-9-11-23(34)12-10-22/h9-14,17,19,21,28H,15-16,18H2,1-8H3/t21-,28?/m1/s1. The summed E-state index contributed by atoms with van der Waals surface area (Å²) in [5, 5.41) is 1.41. The molecule has 2 aromatic heterocycles. The molecular weight excluding hydrogens is 582 g/mol. The number of aromatic nitrogens is 3. The van der Waals surface area contributed by atoms with Crippen LogP contribution in [0.1, 0.15) is 58.8 Å². The van der Waals surface area contributed by atoms with Crippen molar-refractivity contribution in [3.63, 3.8) is 0 Å². The number of carbonyl (C=O) groups is 1. The van der Waals surface area contributed by atoms with Crippen molar-refractivity contribution in [3.05, 3.63) is 58.7 Å². The Bertz CT molecular complexity index is 1620. The largest absolute Gasteiger partial charge is 0.467 e. The van der Waals surface area contributed by atoms with Crippen LogP contribution in [0.5, 0.6) is 0 Å². The molecule has 0 bridgehead atoms. The molecule has 0 saturated carbocycles. The minimum Gasteiger partial charge on any atom is -0.467 e. The highest BCUT2D eigenvalue weighted by atomic mass is 35.5. The number of esters is 1. The molecule has 2 aromatic carbocycles. The Morgan fingerprint density at radius 2 is 1.84 bits per heavy atom. The SMILES string of the molecule is COC(=O)C(OC(C)(C)C)c1c(C)cc2nc(-c3ccnc(N4CCN(C(C)C)[C@H](C)C4)n3)sc2c1-c1ccc(Cl)cc1. The second-order valence-electron chi connectivity index (χ2n) is 12.4. The Kier molecular flexibility index (Phi) is 9.09. The Morgan fingerprint density at radius 3 is 2.47 bits per heavy atom. The molecule has 0 radical (unpaired) electrons. The monoisotopic (exact) mass is 621 g/mol. The highest BCUT2D eigenvalue weighted by molar-refractivity contribution is 7.22. The van der Waals surface area contributed by atoms with E-state index in [-0.39, 0.29) is 0 Å². The van der Waals surface area contributed by atoms with E-state index >= 15 is 0 Å². The predicted molar refractivity (Wildman–Crippen MR) is 175 cm³/mol. The number of carbonyl (C=O) groups excluding carboxylic acids is 1. The van der Waals surface area contributed by atoms with Crippen molar-refractivity contribution >= 4 is 45.1 Å². The van der Waals surface area contributed by atoms with E-state index in [4.69, 9.17) is 31.0 Å². The van der Waals surface area contributed by atoms with Crippen LogP contribution < -0.4 is 4.90 Å². The fourth-order valence-electron chi connectivity index (χ4n) is 5.79. The lowest BCUT2D eigenvalue weighted by Gasteiger charge is -2.42. The van der Waals surface area contributed by atoms with Gasteiger partial charge in [0.15, 0.2) is 6.10 Å². The van der Waals surface area contributed by atoms with Gasteiger partial charge in [-0.3, -0.25) is 4.90 Å². The Morgan fingerprint density at radius 1 is 1.12 bits per heavy atom. The molecule has 4 aromatic rings. The van der Waals surface area contributed by atoms with E-state index in [1.54, 1.807) is 11.3 Å². The van der Waals surface area contributed by atoms with Gasteiger partial charge in [0.1, 0.15) is 10.7 Å². The van der Waals surface area contributed by atoms with Crippen LogP contribution in [0.4, 0.5) is 5.95 Å². The third kappa shape index (κ3) is 6.70. The van der Waals surface area contributed by atoms with Crippen molar-refractivity contribution < 1.29 is 14.3 Å².